The predicted octanol–water partition coefficient (Wildman–Crippen LogP) is 2.55. The molecule has 0 fully saturated rings. The van der Waals surface area contributed by atoms with Crippen molar-refractivity contribution < 1.29 is 4.79 Å². The number of rotatable bonds is 8. The number of hydrogen-bond donors (Lipinski definition) is 2. The fourth-order valence-electron chi connectivity index (χ4n) is 2.69. The van der Waals surface area contributed by atoms with Crippen LogP contribution in [0.4, 0.5) is 0 Å². The van der Waals surface area contributed by atoms with Gasteiger partial charge in [0.15, 0.2) is 0 Å². The smallest absolute Gasteiger partial charge is 0.227 e. The zero-order valence-electron chi connectivity index (χ0n) is 14.6. The molecule has 0 spiro atoms. The maximum atomic E-state index is 12.5. The molecule has 0 radical (unpaired) electrons. The second-order valence-electron chi connectivity index (χ2n) is 5.74. The second-order valence-corrected chi connectivity index (χ2v) is 5.74. The fraction of sp³-hybridized carbons (Fsp3) is 0.471. The standard InChI is InChI=1S/C17H25N5O.2ClH/c1-3-17(4-2,11-18)16(23)20-9-14-7-5-6-8-15(14)10-22-13-19-12-21-22;;/h5-8,12-13H,3-4,9-11,18H2,1-2H3,(H,20,23);2*1H. The molecule has 6 nitrogen and oxygen atoms in total. The summed E-state index contributed by atoms with van der Waals surface area (Å²) in [5.74, 6) is 0.0283. The Morgan fingerprint density at radius 1 is 1.20 bits per heavy atom. The number of hydrogen-bond acceptors (Lipinski definition) is 4. The summed E-state index contributed by atoms with van der Waals surface area (Å²) in [6.07, 6.45) is 4.68. The van der Waals surface area contributed by atoms with Crippen LogP contribution in [0.2, 0.25) is 0 Å². The molecule has 0 bridgehead atoms. The lowest BCUT2D eigenvalue weighted by Crippen LogP contribution is -2.45. The molecule has 8 heteroatoms. The van der Waals surface area contributed by atoms with Gasteiger partial charge < -0.3 is 11.1 Å². The van der Waals surface area contributed by atoms with Gasteiger partial charge in [0.05, 0.1) is 12.0 Å². The summed E-state index contributed by atoms with van der Waals surface area (Å²) in [7, 11) is 0. The minimum atomic E-state index is -0.471. The van der Waals surface area contributed by atoms with E-state index in [1.54, 1.807) is 11.0 Å². The predicted molar refractivity (Wildman–Crippen MR) is 104 cm³/mol. The lowest BCUT2D eigenvalue weighted by Gasteiger charge is -2.28. The van der Waals surface area contributed by atoms with E-state index in [1.807, 2.05) is 38.1 Å². The first kappa shape index (κ1) is 23.4. The van der Waals surface area contributed by atoms with Gasteiger partial charge in [-0.15, -0.1) is 24.8 Å². The Morgan fingerprint density at radius 2 is 1.84 bits per heavy atom. The van der Waals surface area contributed by atoms with Crippen LogP contribution in [-0.4, -0.2) is 27.2 Å². The summed E-state index contributed by atoms with van der Waals surface area (Å²) >= 11 is 0. The van der Waals surface area contributed by atoms with Crippen molar-refractivity contribution in [2.24, 2.45) is 11.1 Å². The zero-order valence-corrected chi connectivity index (χ0v) is 16.3. The highest BCUT2D eigenvalue weighted by atomic mass is 35.5. The number of carbonyl (C=O) groups is 1. The van der Waals surface area contributed by atoms with E-state index < -0.39 is 5.41 Å². The summed E-state index contributed by atoms with van der Waals surface area (Å²) in [4.78, 5) is 16.5. The molecule has 0 saturated carbocycles. The van der Waals surface area contributed by atoms with Crippen LogP contribution in [0.15, 0.2) is 36.9 Å². The van der Waals surface area contributed by atoms with E-state index in [1.165, 1.54) is 6.33 Å². The van der Waals surface area contributed by atoms with Crippen LogP contribution < -0.4 is 11.1 Å². The van der Waals surface area contributed by atoms with E-state index in [-0.39, 0.29) is 30.7 Å². The molecular formula is C17H27Cl2N5O. The van der Waals surface area contributed by atoms with E-state index in [4.69, 9.17) is 5.73 Å². The Bertz CT molecular complexity index is 621. The van der Waals surface area contributed by atoms with Crippen molar-refractivity contribution in [1.82, 2.24) is 20.1 Å². The third kappa shape index (κ3) is 5.70. The molecule has 0 aliphatic rings. The molecule has 3 N–H and O–H groups in total. The number of nitrogens with one attached hydrogen (secondary N) is 1. The molecule has 1 aromatic heterocycles. The van der Waals surface area contributed by atoms with Crippen LogP contribution in [0.3, 0.4) is 0 Å². The SMILES string of the molecule is CCC(CC)(CN)C(=O)NCc1ccccc1Cn1cncn1.Cl.Cl. The van der Waals surface area contributed by atoms with Crippen molar-refractivity contribution in [2.45, 2.75) is 39.8 Å². The molecule has 2 rings (SSSR count). The third-order valence-corrected chi connectivity index (χ3v) is 4.58. The molecule has 1 aromatic carbocycles. The molecule has 0 aliphatic carbocycles. The fourth-order valence-corrected chi connectivity index (χ4v) is 2.69. The lowest BCUT2D eigenvalue weighted by atomic mass is 9.81. The summed E-state index contributed by atoms with van der Waals surface area (Å²) < 4.78 is 1.77. The van der Waals surface area contributed by atoms with Gasteiger partial charge >= 0.3 is 0 Å². The van der Waals surface area contributed by atoms with Crippen molar-refractivity contribution in [3.05, 3.63) is 48.0 Å². The van der Waals surface area contributed by atoms with Crippen LogP contribution >= 0.6 is 24.8 Å². The zero-order chi connectivity index (χ0) is 16.7. The lowest BCUT2D eigenvalue weighted by molar-refractivity contribution is -0.131. The van der Waals surface area contributed by atoms with Crippen LogP contribution in [-0.2, 0) is 17.9 Å². The molecule has 2 aromatic rings. The molecule has 0 saturated heterocycles. The molecule has 25 heavy (non-hydrogen) atoms. The molecular weight excluding hydrogens is 361 g/mol. The van der Waals surface area contributed by atoms with Gasteiger partial charge in [-0.05, 0) is 24.0 Å². The average Bonchev–Trinajstić information content (AvgIpc) is 3.09. The quantitative estimate of drug-likeness (QED) is 0.728. The van der Waals surface area contributed by atoms with Crippen LogP contribution in [0.25, 0.3) is 0 Å². The number of aromatic nitrogens is 3. The van der Waals surface area contributed by atoms with E-state index in [2.05, 4.69) is 15.4 Å². The highest BCUT2D eigenvalue weighted by Crippen LogP contribution is 2.25. The summed E-state index contributed by atoms with van der Waals surface area (Å²) in [5, 5.41) is 7.18. The topological polar surface area (TPSA) is 85.8 Å². The third-order valence-electron chi connectivity index (χ3n) is 4.58. The van der Waals surface area contributed by atoms with Crippen molar-refractivity contribution in [3.63, 3.8) is 0 Å². The Balaban J connectivity index is 0.00000288. The minimum Gasteiger partial charge on any atom is -0.351 e. The minimum absolute atomic E-state index is 0. The molecule has 140 valence electrons. The van der Waals surface area contributed by atoms with E-state index in [0.29, 0.717) is 19.6 Å². The second kappa shape index (κ2) is 11.1. The van der Waals surface area contributed by atoms with Gasteiger partial charge in [0.25, 0.3) is 0 Å². The number of nitrogens with two attached hydrogens (primary N) is 1. The van der Waals surface area contributed by atoms with Gasteiger partial charge in [-0.2, -0.15) is 5.10 Å². The number of benzene rings is 1. The van der Waals surface area contributed by atoms with Crippen molar-refractivity contribution >= 4 is 30.7 Å². The number of nitrogens with zero attached hydrogens (tertiary/aromatic N) is 3. The maximum absolute atomic E-state index is 12.5. The van der Waals surface area contributed by atoms with Crippen LogP contribution in [0.1, 0.15) is 37.8 Å². The normalized spacial score (nSPS) is 10.5. The largest absolute Gasteiger partial charge is 0.351 e. The van der Waals surface area contributed by atoms with Crippen molar-refractivity contribution in [1.29, 1.82) is 0 Å². The van der Waals surface area contributed by atoms with Crippen LogP contribution in [0, 0.1) is 5.41 Å². The van der Waals surface area contributed by atoms with Gasteiger partial charge in [0, 0.05) is 13.1 Å². The van der Waals surface area contributed by atoms with Gasteiger partial charge in [0.2, 0.25) is 5.91 Å². The Labute approximate surface area is 161 Å². The van der Waals surface area contributed by atoms with E-state index in [0.717, 1.165) is 24.0 Å². The molecule has 0 atom stereocenters. The Kier molecular flexibility index (Phi) is 10.4. The highest BCUT2D eigenvalue weighted by Gasteiger charge is 2.32. The van der Waals surface area contributed by atoms with Crippen molar-refractivity contribution in [2.75, 3.05) is 6.54 Å². The van der Waals surface area contributed by atoms with Crippen LogP contribution in [0.5, 0.6) is 0 Å². The Hall–Kier alpha value is -1.63. The first-order valence-electron chi connectivity index (χ1n) is 8.02. The summed E-state index contributed by atoms with van der Waals surface area (Å²) in [6, 6.07) is 8.02. The molecule has 1 amide bonds. The molecule has 1 heterocycles. The first-order valence-corrected chi connectivity index (χ1v) is 8.02. The average molecular weight is 388 g/mol. The van der Waals surface area contributed by atoms with E-state index in [9.17, 15) is 4.79 Å². The number of carbonyl (C=O) groups excluding carboxylic acids is 1. The number of halogens is 2. The number of amides is 1. The summed E-state index contributed by atoms with van der Waals surface area (Å²) in [6.45, 7) is 5.51. The van der Waals surface area contributed by atoms with Gasteiger partial charge in [0.1, 0.15) is 12.7 Å². The highest BCUT2D eigenvalue weighted by molar-refractivity contribution is 5.85. The molecule has 0 unspecified atom stereocenters. The van der Waals surface area contributed by atoms with Gasteiger partial charge in [-0.1, -0.05) is 38.1 Å². The van der Waals surface area contributed by atoms with Crippen molar-refractivity contribution in [3.8, 4) is 0 Å². The first-order chi connectivity index (χ1) is 11.1. The summed E-state index contributed by atoms with van der Waals surface area (Å²) in [5.41, 5.74) is 7.56. The molecule has 0 aliphatic heterocycles. The van der Waals surface area contributed by atoms with Gasteiger partial charge in [-0.3, -0.25) is 4.79 Å². The van der Waals surface area contributed by atoms with Gasteiger partial charge in [-0.25, -0.2) is 9.67 Å². The maximum Gasteiger partial charge on any atom is 0.227 e. The monoisotopic (exact) mass is 387 g/mol. The van der Waals surface area contributed by atoms with E-state index >= 15 is 0 Å². The Morgan fingerprint density at radius 3 is 2.36 bits per heavy atom.